The van der Waals surface area contributed by atoms with Crippen LogP contribution in [-0.4, -0.2) is 76.1 Å². The summed E-state index contributed by atoms with van der Waals surface area (Å²) in [5, 5.41) is 6.80. The van der Waals surface area contributed by atoms with E-state index < -0.39 is 0 Å². The van der Waals surface area contributed by atoms with E-state index in [1.165, 1.54) is 19.4 Å². The molecule has 0 aliphatic carbocycles. The van der Waals surface area contributed by atoms with Gasteiger partial charge in [-0.1, -0.05) is 27.2 Å². The van der Waals surface area contributed by atoms with Crippen LogP contribution >= 0.6 is 24.0 Å². The summed E-state index contributed by atoms with van der Waals surface area (Å²) in [4.78, 5) is 7.06. The number of nitrogens with one attached hydrogen (secondary N) is 2. The molecule has 0 aromatic heterocycles. The van der Waals surface area contributed by atoms with Gasteiger partial charge in [-0.15, -0.1) is 24.0 Å². The van der Waals surface area contributed by atoms with Crippen molar-refractivity contribution in [3.8, 4) is 0 Å². The average molecular weight is 501 g/mol. The Labute approximate surface area is 185 Å². The van der Waals surface area contributed by atoms with Gasteiger partial charge in [0.1, 0.15) is 0 Å². The van der Waals surface area contributed by atoms with Crippen molar-refractivity contribution < 1.29 is 9.47 Å². The summed E-state index contributed by atoms with van der Waals surface area (Å²) in [6, 6.07) is 0.413. The minimum Gasteiger partial charge on any atom is -0.379 e. The second-order valence-electron chi connectivity index (χ2n) is 6.55. The first-order valence-electron chi connectivity index (χ1n) is 10.6. The lowest BCUT2D eigenvalue weighted by Gasteiger charge is -2.21. The van der Waals surface area contributed by atoms with Gasteiger partial charge >= 0.3 is 0 Å². The van der Waals surface area contributed by atoms with Crippen molar-refractivity contribution in [3.63, 3.8) is 0 Å². The molecule has 0 bridgehead atoms. The summed E-state index contributed by atoms with van der Waals surface area (Å²) in [6.45, 7) is 18.7. The fourth-order valence-corrected chi connectivity index (χ4v) is 2.58. The lowest BCUT2D eigenvalue weighted by atomic mass is 10.2. The molecule has 164 valence electrons. The number of aliphatic imine (C=N–C) groups is 1. The zero-order valence-electron chi connectivity index (χ0n) is 18.4. The fraction of sp³-hybridized carbons (Fsp3) is 0.950. The molecule has 0 fully saturated rings. The quantitative estimate of drug-likeness (QED) is 0.139. The largest absolute Gasteiger partial charge is 0.379 e. The monoisotopic (exact) mass is 500 g/mol. The van der Waals surface area contributed by atoms with Crippen molar-refractivity contribution in [2.24, 2.45) is 4.99 Å². The smallest absolute Gasteiger partial charge is 0.191 e. The highest BCUT2D eigenvalue weighted by molar-refractivity contribution is 14.0. The van der Waals surface area contributed by atoms with Crippen LogP contribution in [0.2, 0.25) is 0 Å². The van der Waals surface area contributed by atoms with Crippen molar-refractivity contribution in [3.05, 3.63) is 0 Å². The minimum absolute atomic E-state index is 0. The Hall–Kier alpha value is -0.120. The van der Waals surface area contributed by atoms with E-state index in [1.807, 2.05) is 0 Å². The fourth-order valence-electron chi connectivity index (χ4n) is 2.58. The van der Waals surface area contributed by atoms with Crippen LogP contribution in [0.25, 0.3) is 0 Å². The third-order valence-electron chi connectivity index (χ3n) is 4.25. The normalized spacial score (nSPS) is 12.7. The molecule has 6 nitrogen and oxygen atoms in total. The van der Waals surface area contributed by atoms with Crippen LogP contribution < -0.4 is 10.6 Å². The molecule has 27 heavy (non-hydrogen) atoms. The predicted octanol–water partition coefficient (Wildman–Crippen LogP) is 3.50. The van der Waals surface area contributed by atoms with E-state index in [2.05, 4.69) is 55.1 Å². The van der Waals surface area contributed by atoms with E-state index in [0.29, 0.717) is 32.4 Å². The molecule has 1 unspecified atom stereocenters. The Kier molecular flexibility index (Phi) is 23.9. The number of nitrogens with zero attached hydrogens (tertiary/aromatic N) is 2. The number of hydrogen-bond donors (Lipinski definition) is 2. The van der Waals surface area contributed by atoms with Crippen LogP contribution in [0.1, 0.15) is 60.3 Å². The van der Waals surface area contributed by atoms with E-state index in [1.54, 1.807) is 0 Å². The Bertz CT molecular complexity index is 329. The first kappa shape index (κ1) is 29.1. The SMILES string of the molecule is CCCCOCCOCCN=C(NCC)NC(C)CCCN(CC)CC.I. The second kappa shape index (κ2) is 22.2. The first-order valence-corrected chi connectivity index (χ1v) is 10.6. The standard InChI is InChI=1S/C20H44N4O2.HI/c1-6-10-15-25-17-18-26-16-13-22-20(21-7-2)23-19(5)12-11-14-24(8-3)9-4;/h19H,6-18H2,1-5H3,(H2,21,22,23);1H. The van der Waals surface area contributed by atoms with Gasteiger partial charge in [-0.05, 0) is 52.7 Å². The van der Waals surface area contributed by atoms with Gasteiger partial charge in [-0.2, -0.15) is 0 Å². The summed E-state index contributed by atoms with van der Waals surface area (Å²) >= 11 is 0. The summed E-state index contributed by atoms with van der Waals surface area (Å²) < 4.78 is 11.0. The Morgan fingerprint density at radius 1 is 0.963 bits per heavy atom. The van der Waals surface area contributed by atoms with Gasteiger partial charge in [0, 0.05) is 19.2 Å². The van der Waals surface area contributed by atoms with Gasteiger partial charge in [0.15, 0.2) is 5.96 Å². The number of halogens is 1. The molecule has 0 spiro atoms. The molecule has 0 aliphatic rings. The number of hydrogen-bond acceptors (Lipinski definition) is 4. The van der Waals surface area contributed by atoms with Gasteiger partial charge in [0.05, 0.1) is 26.4 Å². The van der Waals surface area contributed by atoms with Gasteiger partial charge in [-0.25, -0.2) is 0 Å². The number of rotatable bonds is 17. The highest BCUT2D eigenvalue weighted by Crippen LogP contribution is 1.99. The van der Waals surface area contributed by atoms with Crippen LogP contribution in [0.15, 0.2) is 4.99 Å². The molecule has 1 atom stereocenters. The van der Waals surface area contributed by atoms with Gasteiger partial charge in [0.25, 0.3) is 0 Å². The summed E-state index contributed by atoms with van der Waals surface area (Å²) in [5.41, 5.74) is 0. The molecule has 0 heterocycles. The maximum Gasteiger partial charge on any atom is 0.191 e. The molecule has 0 aromatic carbocycles. The summed E-state index contributed by atoms with van der Waals surface area (Å²) in [6.07, 6.45) is 4.64. The Morgan fingerprint density at radius 2 is 1.63 bits per heavy atom. The van der Waals surface area contributed by atoms with Gasteiger partial charge in [0.2, 0.25) is 0 Å². The molecule has 0 amide bonds. The number of ether oxygens (including phenoxy) is 2. The van der Waals surface area contributed by atoms with Crippen molar-refractivity contribution >= 4 is 29.9 Å². The van der Waals surface area contributed by atoms with Crippen LogP contribution in [0.5, 0.6) is 0 Å². The predicted molar refractivity (Wildman–Crippen MR) is 128 cm³/mol. The number of unbranched alkanes of at least 4 members (excludes halogenated alkanes) is 1. The lowest BCUT2D eigenvalue weighted by molar-refractivity contribution is 0.0497. The maximum absolute atomic E-state index is 5.57. The molecule has 7 heteroatoms. The summed E-state index contributed by atoms with van der Waals surface area (Å²) in [5.74, 6) is 0.880. The molecule has 0 saturated carbocycles. The molecular formula is C20H45IN4O2. The Morgan fingerprint density at radius 3 is 2.22 bits per heavy atom. The van der Waals surface area contributed by atoms with E-state index in [0.717, 1.165) is 45.0 Å². The molecule has 0 rings (SSSR count). The van der Waals surface area contributed by atoms with Crippen LogP contribution in [0.3, 0.4) is 0 Å². The van der Waals surface area contributed by atoms with E-state index in [-0.39, 0.29) is 24.0 Å². The van der Waals surface area contributed by atoms with Crippen molar-refractivity contribution in [1.82, 2.24) is 15.5 Å². The van der Waals surface area contributed by atoms with Crippen LogP contribution in [0.4, 0.5) is 0 Å². The Balaban J connectivity index is 0. The van der Waals surface area contributed by atoms with E-state index in [9.17, 15) is 0 Å². The third-order valence-corrected chi connectivity index (χ3v) is 4.25. The minimum atomic E-state index is 0. The third kappa shape index (κ3) is 19.0. The zero-order chi connectivity index (χ0) is 19.5. The highest BCUT2D eigenvalue weighted by atomic mass is 127. The van der Waals surface area contributed by atoms with Crippen LogP contribution in [-0.2, 0) is 9.47 Å². The molecule has 0 aromatic rings. The molecule has 2 N–H and O–H groups in total. The van der Waals surface area contributed by atoms with Crippen molar-refractivity contribution in [1.29, 1.82) is 0 Å². The van der Waals surface area contributed by atoms with Crippen molar-refractivity contribution in [2.75, 3.05) is 59.2 Å². The highest BCUT2D eigenvalue weighted by Gasteiger charge is 2.06. The number of guanidine groups is 1. The van der Waals surface area contributed by atoms with Gasteiger partial charge < -0.3 is 25.0 Å². The second-order valence-corrected chi connectivity index (χ2v) is 6.55. The van der Waals surface area contributed by atoms with Crippen LogP contribution in [0, 0.1) is 0 Å². The van der Waals surface area contributed by atoms with E-state index in [4.69, 9.17) is 9.47 Å². The molecule has 0 aliphatic heterocycles. The van der Waals surface area contributed by atoms with Gasteiger partial charge in [-0.3, -0.25) is 4.99 Å². The molecular weight excluding hydrogens is 455 g/mol. The average Bonchev–Trinajstić information content (AvgIpc) is 2.64. The zero-order valence-corrected chi connectivity index (χ0v) is 20.7. The first-order chi connectivity index (χ1) is 12.7. The molecule has 0 radical (unpaired) electrons. The molecule has 0 saturated heterocycles. The topological polar surface area (TPSA) is 58.1 Å². The maximum atomic E-state index is 5.57. The van der Waals surface area contributed by atoms with E-state index >= 15 is 0 Å². The van der Waals surface area contributed by atoms with Crippen molar-refractivity contribution in [2.45, 2.75) is 66.3 Å². The summed E-state index contributed by atoms with van der Waals surface area (Å²) in [7, 11) is 0. The lowest BCUT2D eigenvalue weighted by Crippen LogP contribution is -2.42.